The fraction of sp³-hybridized carbons (Fsp3) is 0.189. The van der Waals surface area contributed by atoms with Crippen molar-refractivity contribution in [3.8, 4) is 22.5 Å². The monoisotopic (exact) mass is 745 g/mol. The second-order valence-electron chi connectivity index (χ2n) is 10.9. The summed E-state index contributed by atoms with van der Waals surface area (Å²) in [6.07, 6.45) is 3.84. The molecule has 0 fully saturated rings. The zero-order valence-corrected chi connectivity index (χ0v) is 28.1. The first-order chi connectivity index (χ1) is 19.7. The van der Waals surface area contributed by atoms with Gasteiger partial charge in [-0.25, -0.2) is 0 Å². The zero-order valence-electron chi connectivity index (χ0n) is 24.9. The second kappa shape index (κ2) is 11.9. The third kappa shape index (κ3) is 5.45. The molecule has 3 aromatic carbocycles. The van der Waals surface area contributed by atoms with Crippen LogP contribution in [0.5, 0.6) is 0 Å². The van der Waals surface area contributed by atoms with E-state index < -0.39 is 0 Å². The van der Waals surface area contributed by atoms with Crippen molar-refractivity contribution in [1.29, 1.82) is 0 Å². The Bertz CT molecular complexity index is 2070. The van der Waals surface area contributed by atoms with Gasteiger partial charge in [0.05, 0.1) is 5.58 Å². The van der Waals surface area contributed by atoms with Crippen LogP contribution in [0.2, 0.25) is 0 Å². The molecule has 0 N–H and O–H groups in total. The first-order valence-corrected chi connectivity index (χ1v) is 14.6. The molecule has 0 amide bonds. The molecule has 5 heteroatoms. The number of thiophene rings is 1. The molecule has 0 unspecified atom stereocenters. The van der Waals surface area contributed by atoms with Gasteiger partial charge < -0.3 is 14.4 Å². The van der Waals surface area contributed by atoms with Gasteiger partial charge in [-0.3, -0.25) is 0 Å². The molecule has 4 aromatic heterocycles. The molecular formula is C37H32IrN2OS-2. The average Bonchev–Trinajstić information content (AvgIpc) is 3.49. The van der Waals surface area contributed by atoms with E-state index in [1.54, 1.807) is 0 Å². The molecule has 0 spiro atoms. The van der Waals surface area contributed by atoms with E-state index in [4.69, 9.17) is 4.42 Å². The number of fused-ring (bicyclic) bond motifs is 5. The van der Waals surface area contributed by atoms with Crippen molar-refractivity contribution in [3.63, 3.8) is 0 Å². The molecule has 213 valence electrons. The van der Waals surface area contributed by atoms with Gasteiger partial charge in [-0.1, -0.05) is 41.1 Å². The van der Waals surface area contributed by atoms with E-state index in [0.717, 1.165) is 39.1 Å². The number of aromatic nitrogens is 2. The van der Waals surface area contributed by atoms with E-state index in [1.807, 2.05) is 35.9 Å². The topological polar surface area (TPSA) is 38.9 Å². The number of hydrogen-bond acceptors (Lipinski definition) is 4. The zero-order chi connectivity index (χ0) is 28.8. The maximum Gasteiger partial charge on any atom is 0.121 e. The molecule has 0 atom stereocenters. The molecule has 42 heavy (non-hydrogen) atoms. The molecule has 7 aromatic rings. The van der Waals surface area contributed by atoms with Crippen LogP contribution in [-0.2, 0) is 20.1 Å². The van der Waals surface area contributed by atoms with Gasteiger partial charge in [0, 0.05) is 52.8 Å². The Morgan fingerprint density at radius 1 is 0.714 bits per heavy atom. The average molecular weight is 745 g/mol. The summed E-state index contributed by atoms with van der Waals surface area (Å²) >= 11 is 1.85. The molecule has 7 rings (SSSR count). The van der Waals surface area contributed by atoms with Gasteiger partial charge in [0.1, 0.15) is 5.58 Å². The van der Waals surface area contributed by atoms with E-state index in [-0.39, 0.29) is 20.1 Å². The maximum absolute atomic E-state index is 6.31. The van der Waals surface area contributed by atoms with Crippen molar-refractivity contribution >= 4 is 43.4 Å². The van der Waals surface area contributed by atoms with Crippen molar-refractivity contribution in [2.24, 2.45) is 0 Å². The number of nitrogens with zero attached hydrogens (tertiary/aromatic N) is 2. The number of rotatable bonds is 2. The molecule has 0 aliphatic heterocycles. The number of hydrogen-bond donors (Lipinski definition) is 0. The standard InChI is InChI=1S/C23H18NOS.C14H14N.Ir/c1-12-10-18(24-11-13(12)2)16-6-5-7-17-22-19(25-23(16)17)8-9-20-21(22)14(3)15(4)26-20;1-10-4-6-13(7-5-10)14-8-11(2)12(3)9-15-14;/h5,7-11H,1-4H3;4-6,8-9H,1-3H3;/q2*-1;. The normalized spacial score (nSPS) is 11.0. The number of furan rings is 1. The third-order valence-corrected chi connectivity index (χ3v) is 9.14. The maximum atomic E-state index is 6.31. The van der Waals surface area contributed by atoms with Crippen molar-refractivity contribution < 1.29 is 24.5 Å². The van der Waals surface area contributed by atoms with Gasteiger partial charge in [0.25, 0.3) is 0 Å². The largest absolute Gasteiger partial charge is 0.501 e. The third-order valence-electron chi connectivity index (χ3n) is 7.97. The molecule has 1 radical (unpaired) electrons. The summed E-state index contributed by atoms with van der Waals surface area (Å²) in [7, 11) is 0. The SMILES string of the molecule is Cc1c[c-]c(-c2cc(C)c(C)cn2)cc1.Cc1cnc(-c2[c-]ccc3c2oc2ccc4sc(C)c(C)c4c23)cc1C.[Ir]. The van der Waals surface area contributed by atoms with Crippen molar-refractivity contribution in [2.45, 2.75) is 48.5 Å². The van der Waals surface area contributed by atoms with Gasteiger partial charge in [0.2, 0.25) is 0 Å². The Kier molecular flexibility index (Phi) is 8.48. The number of pyridine rings is 2. The van der Waals surface area contributed by atoms with Gasteiger partial charge in [-0.05, 0) is 81.8 Å². The van der Waals surface area contributed by atoms with Crippen molar-refractivity contribution in [3.05, 3.63) is 117 Å². The molecule has 3 nitrogen and oxygen atoms in total. The number of benzene rings is 3. The Morgan fingerprint density at radius 3 is 2.07 bits per heavy atom. The van der Waals surface area contributed by atoms with E-state index >= 15 is 0 Å². The van der Waals surface area contributed by atoms with Crippen molar-refractivity contribution in [1.82, 2.24) is 9.97 Å². The molecule has 0 aliphatic carbocycles. The molecule has 4 heterocycles. The van der Waals surface area contributed by atoms with Crippen LogP contribution < -0.4 is 0 Å². The van der Waals surface area contributed by atoms with Crippen LogP contribution in [0, 0.1) is 60.6 Å². The minimum atomic E-state index is 0. The Hall–Kier alpha value is -3.63. The van der Waals surface area contributed by atoms with Crippen LogP contribution in [0.25, 0.3) is 54.5 Å². The summed E-state index contributed by atoms with van der Waals surface area (Å²) in [6, 6.07) is 25.3. The van der Waals surface area contributed by atoms with Crippen LogP contribution in [0.4, 0.5) is 0 Å². The van der Waals surface area contributed by atoms with E-state index in [1.165, 1.54) is 53.7 Å². The smallest absolute Gasteiger partial charge is 0.121 e. The summed E-state index contributed by atoms with van der Waals surface area (Å²) in [5.41, 5.74) is 13.2. The summed E-state index contributed by atoms with van der Waals surface area (Å²) in [6.45, 7) is 14.8. The van der Waals surface area contributed by atoms with E-state index in [2.05, 4.69) is 113 Å². The Labute approximate surface area is 265 Å². The van der Waals surface area contributed by atoms with Crippen molar-refractivity contribution in [2.75, 3.05) is 0 Å². The van der Waals surface area contributed by atoms with Gasteiger partial charge in [-0.2, -0.15) is 0 Å². The van der Waals surface area contributed by atoms with Gasteiger partial charge in [0.15, 0.2) is 0 Å². The predicted octanol–water partition coefficient (Wildman–Crippen LogP) is 10.4. The van der Waals surface area contributed by atoms with Crippen LogP contribution in [0.3, 0.4) is 0 Å². The van der Waals surface area contributed by atoms with Gasteiger partial charge >= 0.3 is 0 Å². The minimum Gasteiger partial charge on any atom is -0.501 e. The molecule has 0 aliphatic rings. The molecular weight excluding hydrogens is 713 g/mol. The first kappa shape index (κ1) is 29.8. The van der Waals surface area contributed by atoms with E-state index in [0.29, 0.717) is 0 Å². The molecule has 0 saturated heterocycles. The quantitative estimate of drug-likeness (QED) is 0.166. The number of aryl methyl sites for hydroxylation is 7. The summed E-state index contributed by atoms with van der Waals surface area (Å²) in [5, 5.41) is 3.66. The molecule has 0 bridgehead atoms. The fourth-order valence-electron chi connectivity index (χ4n) is 5.07. The molecule has 0 saturated carbocycles. The van der Waals surface area contributed by atoms with Crippen LogP contribution in [0.15, 0.2) is 71.4 Å². The minimum absolute atomic E-state index is 0. The summed E-state index contributed by atoms with van der Waals surface area (Å²) < 4.78 is 7.63. The van der Waals surface area contributed by atoms with Gasteiger partial charge in [-0.15, -0.1) is 64.9 Å². The fourth-order valence-corrected chi connectivity index (χ4v) is 6.15. The van der Waals surface area contributed by atoms with Crippen LogP contribution in [0.1, 0.15) is 38.3 Å². The summed E-state index contributed by atoms with van der Waals surface area (Å²) in [4.78, 5) is 10.4. The Balaban J connectivity index is 0.000000189. The first-order valence-electron chi connectivity index (χ1n) is 13.8. The summed E-state index contributed by atoms with van der Waals surface area (Å²) in [5.74, 6) is 0. The second-order valence-corrected chi connectivity index (χ2v) is 12.1. The predicted molar refractivity (Wildman–Crippen MR) is 173 cm³/mol. The van der Waals surface area contributed by atoms with Crippen LogP contribution >= 0.6 is 11.3 Å². The van der Waals surface area contributed by atoms with E-state index in [9.17, 15) is 0 Å². The Morgan fingerprint density at radius 2 is 1.40 bits per heavy atom. The van der Waals surface area contributed by atoms with Crippen LogP contribution in [-0.4, -0.2) is 9.97 Å².